The van der Waals surface area contributed by atoms with Gasteiger partial charge in [-0.25, -0.2) is 4.68 Å². The van der Waals surface area contributed by atoms with Gasteiger partial charge in [-0.05, 0) is 16.8 Å². The van der Waals surface area contributed by atoms with Crippen LogP contribution in [-0.4, -0.2) is 33.9 Å². The molecule has 0 amide bonds. The minimum Gasteiger partial charge on any atom is -0.382 e. The molecule has 1 unspecified atom stereocenters. The molecule has 5 nitrogen and oxygen atoms in total. The molecule has 13 heavy (non-hydrogen) atoms. The molecule has 1 rings (SSSR count). The van der Waals surface area contributed by atoms with E-state index in [0.29, 0.717) is 18.3 Å². The van der Waals surface area contributed by atoms with Crippen molar-refractivity contribution in [3.63, 3.8) is 0 Å². The summed E-state index contributed by atoms with van der Waals surface area (Å²) in [5.74, 6) is 1.01. The lowest BCUT2D eigenvalue weighted by atomic mass is 10.2. The van der Waals surface area contributed by atoms with Crippen molar-refractivity contribution in [3.05, 3.63) is 5.82 Å². The van der Waals surface area contributed by atoms with E-state index in [4.69, 9.17) is 16.3 Å². The molecule has 74 valence electrons. The predicted molar refractivity (Wildman–Crippen MR) is 48.6 cm³/mol. The Bertz CT molecular complexity index is 252. The van der Waals surface area contributed by atoms with Crippen LogP contribution in [0.3, 0.4) is 0 Å². The third-order valence-electron chi connectivity index (χ3n) is 1.86. The minimum atomic E-state index is 0.175. The summed E-state index contributed by atoms with van der Waals surface area (Å²) in [5.41, 5.74) is 0. The first-order chi connectivity index (χ1) is 6.33. The summed E-state index contributed by atoms with van der Waals surface area (Å²) in [6, 6.07) is 0.175. The van der Waals surface area contributed by atoms with Crippen molar-refractivity contribution in [1.82, 2.24) is 20.2 Å². The molecule has 0 aliphatic rings. The molecule has 1 aromatic rings. The van der Waals surface area contributed by atoms with Crippen molar-refractivity contribution in [3.8, 4) is 0 Å². The average Bonchev–Trinajstić information content (AvgIpc) is 2.61. The summed E-state index contributed by atoms with van der Waals surface area (Å²) in [7, 11) is 1.66. The summed E-state index contributed by atoms with van der Waals surface area (Å²) in [5, 5.41) is 11.2. The summed E-state index contributed by atoms with van der Waals surface area (Å²) >= 11 is 5.67. The van der Waals surface area contributed by atoms with Crippen LogP contribution in [-0.2, 0) is 10.6 Å². The average molecular weight is 205 g/mol. The van der Waals surface area contributed by atoms with E-state index in [2.05, 4.69) is 22.4 Å². The van der Waals surface area contributed by atoms with E-state index in [0.717, 1.165) is 6.42 Å². The summed E-state index contributed by atoms with van der Waals surface area (Å²) in [6.07, 6.45) is 0.919. The molecule has 0 spiro atoms. The van der Waals surface area contributed by atoms with E-state index in [-0.39, 0.29) is 6.04 Å². The normalized spacial score (nSPS) is 13.2. The van der Waals surface area contributed by atoms with Gasteiger partial charge in [0.25, 0.3) is 0 Å². The fourth-order valence-corrected chi connectivity index (χ4v) is 1.31. The van der Waals surface area contributed by atoms with Gasteiger partial charge in [-0.1, -0.05) is 6.92 Å². The standard InChI is InChI=1S/C7H13ClN4O/c1-3-6(5-13-2)12-7(4-8)9-10-11-12/h6H,3-5H2,1-2H3. The van der Waals surface area contributed by atoms with Crippen molar-refractivity contribution in [2.24, 2.45) is 0 Å². The number of hydrogen-bond acceptors (Lipinski definition) is 4. The summed E-state index contributed by atoms with van der Waals surface area (Å²) in [4.78, 5) is 0. The largest absolute Gasteiger partial charge is 0.382 e. The Labute approximate surface area is 82.0 Å². The van der Waals surface area contributed by atoms with Crippen molar-refractivity contribution in [1.29, 1.82) is 0 Å². The Morgan fingerprint density at radius 1 is 1.62 bits per heavy atom. The smallest absolute Gasteiger partial charge is 0.166 e. The number of ether oxygens (including phenoxy) is 1. The quantitative estimate of drug-likeness (QED) is 0.672. The van der Waals surface area contributed by atoms with E-state index in [1.165, 1.54) is 0 Å². The second-order valence-electron chi connectivity index (χ2n) is 2.69. The Morgan fingerprint density at radius 2 is 2.38 bits per heavy atom. The highest BCUT2D eigenvalue weighted by Gasteiger charge is 2.14. The molecule has 0 radical (unpaired) electrons. The lowest BCUT2D eigenvalue weighted by molar-refractivity contribution is 0.145. The van der Waals surface area contributed by atoms with Gasteiger partial charge >= 0.3 is 0 Å². The maximum atomic E-state index is 5.67. The molecule has 1 atom stereocenters. The highest BCUT2D eigenvalue weighted by atomic mass is 35.5. The zero-order chi connectivity index (χ0) is 9.68. The molecule has 0 saturated carbocycles. The second-order valence-corrected chi connectivity index (χ2v) is 2.96. The van der Waals surface area contributed by atoms with E-state index in [9.17, 15) is 0 Å². The van der Waals surface area contributed by atoms with Gasteiger partial charge < -0.3 is 4.74 Å². The van der Waals surface area contributed by atoms with Crippen LogP contribution in [0.5, 0.6) is 0 Å². The molecule has 0 saturated heterocycles. The number of aromatic nitrogens is 4. The number of rotatable bonds is 5. The Hall–Kier alpha value is -0.680. The van der Waals surface area contributed by atoms with E-state index >= 15 is 0 Å². The van der Waals surface area contributed by atoms with Crippen molar-refractivity contribution >= 4 is 11.6 Å². The lowest BCUT2D eigenvalue weighted by Crippen LogP contribution is -2.17. The van der Waals surface area contributed by atoms with Gasteiger partial charge in [0.05, 0.1) is 18.5 Å². The van der Waals surface area contributed by atoms with E-state index in [1.54, 1.807) is 11.8 Å². The fraction of sp³-hybridized carbons (Fsp3) is 0.857. The van der Waals surface area contributed by atoms with Crippen LogP contribution in [0.15, 0.2) is 0 Å². The number of halogens is 1. The van der Waals surface area contributed by atoms with Gasteiger partial charge in [-0.15, -0.1) is 16.7 Å². The van der Waals surface area contributed by atoms with Gasteiger partial charge in [0, 0.05) is 7.11 Å². The molecule has 0 aromatic carbocycles. The van der Waals surface area contributed by atoms with Gasteiger partial charge in [-0.3, -0.25) is 0 Å². The Balaban J connectivity index is 2.77. The SMILES string of the molecule is CCC(COC)n1nnnc1CCl. The summed E-state index contributed by atoms with van der Waals surface area (Å²) in [6.45, 7) is 2.66. The zero-order valence-corrected chi connectivity index (χ0v) is 8.53. The van der Waals surface area contributed by atoms with Gasteiger partial charge in [0.1, 0.15) is 0 Å². The molecule has 0 N–H and O–H groups in total. The van der Waals surface area contributed by atoms with E-state index < -0.39 is 0 Å². The number of tetrazole rings is 1. The van der Waals surface area contributed by atoms with Crippen molar-refractivity contribution in [2.75, 3.05) is 13.7 Å². The third-order valence-corrected chi connectivity index (χ3v) is 2.10. The molecular formula is C7H13ClN4O. The molecule has 0 aliphatic heterocycles. The highest BCUT2D eigenvalue weighted by Crippen LogP contribution is 2.12. The maximum Gasteiger partial charge on any atom is 0.166 e. The van der Waals surface area contributed by atoms with Gasteiger partial charge in [-0.2, -0.15) is 0 Å². The topological polar surface area (TPSA) is 52.8 Å². The van der Waals surface area contributed by atoms with Crippen LogP contribution in [0.2, 0.25) is 0 Å². The molecule has 0 bridgehead atoms. The monoisotopic (exact) mass is 204 g/mol. The van der Waals surface area contributed by atoms with Crippen LogP contribution < -0.4 is 0 Å². The Kier molecular flexibility index (Phi) is 4.11. The molecule has 0 aliphatic carbocycles. The van der Waals surface area contributed by atoms with Crippen LogP contribution in [0.25, 0.3) is 0 Å². The van der Waals surface area contributed by atoms with E-state index in [1.807, 2.05) is 0 Å². The zero-order valence-electron chi connectivity index (χ0n) is 7.77. The summed E-state index contributed by atoms with van der Waals surface area (Å²) < 4.78 is 6.78. The van der Waals surface area contributed by atoms with Crippen LogP contribution in [0.4, 0.5) is 0 Å². The van der Waals surface area contributed by atoms with Crippen LogP contribution >= 0.6 is 11.6 Å². The minimum absolute atomic E-state index is 0.175. The highest BCUT2D eigenvalue weighted by molar-refractivity contribution is 6.16. The first kappa shape index (κ1) is 10.4. The first-order valence-electron chi connectivity index (χ1n) is 4.15. The predicted octanol–water partition coefficient (Wildman–Crippen LogP) is 1.01. The van der Waals surface area contributed by atoms with Crippen molar-refractivity contribution in [2.45, 2.75) is 25.3 Å². The van der Waals surface area contributed by atoms with Crippen LogP contribution in [0, 0.1) is 0 Å². The van der Waals surface area contributed by atoms with Gasteiger partial charge in [0.2, 0.25) is 0 Å². The number of nitrogens with zero attached hydrogens (tertiary/aromatic N) is 4. The second kappa shape index (κ2) is 5.14. The Morgan fingerprint density at radius 3 is 2.92 bits per heavy atom. The number of hydrogen-bond donors (Lipinski definition) is 0. The fourth-order valence-electron chi connectivity index (χ4n) is 1.14. The molecule has 1 heterocycles. The van der Waals surface area contributed by atoms with Gasteiger partial charge in [0.15, 0.2) is 5.82 Å². The first-order valence-corrected chi connectivity index (χ1v) is 4.68. The number of methoxy groups -OCH3 is 1. The number of alkyl halides is 1. The maximum absolute atomic E-state index is 5.67. The molecule has 6 heteroatoms. The lowest BCUT2D eigenvalue weighted by Gasteiger charge is -2.14. The molecule has 0 fully saturated rings. The van der Waals surface area contributed by atoms with Crippen LogP contribution in [0.1, 0.15) is 25.2 Å². The van der Waals surface area contributed by atoms with Crippen molar-refractivity contribution < 1.29 is 4.74 Å². The third kappa shape index (κ3) is 2.38. The molecule has 1 aromatic heterocycles. The molecular weight excluding hydrogens is 192 g/mol.